The van der Waals surface area contributed by atoms with Crippen LogP contribution in [-0.4, -0.2) is 42.2 Å². The topological polar surface area (TPSA) is 64.4 Å². The smallest absolute Gasteiger partial charge is 0.218 e. The van der Waals surface area contributed by atoms with E-state index in [1.807, 2.05) is 43.6 Å². The molecule has 0 radical (unpaired) electrons. The van der Waals surface area contributed by atoms with Crippen molar-refractivity contribution in [2.45, 2.75) is 11.9 Å². The summed E-state index contributed by atoms with van der Waals surface area (Å²) in [4.78, 5) is 0. The fraction of sp³-hybridized carbons (Fsp3) is 0.400. The average Bonchev–Trinajstić information content (AvgIpc) is 2.95. The SMILES string of the molecule is Cn1cc([C@@H]2CN(S(=O)(=O)Cc3ccccc3)CCO2)cn1. The summed E-state index contributed by atoms with van der Waals surface area (Å²) >= 11 is 0. The molecule has 1 aromatic heterocycles. The molecule has 2 aromatic rings. The first-order valence-electron chi connectivity index (χ1n) is 7.16. The summed E-state index contributed by atoms with van der Waals surface area (Å²) in [6, 6.07) is 9.24. The van der Waals surface area contributed by atoms with Crippen molar-refractivity contribution in [1.29, 1.82) is 0 Å². The Bertz CT molecular complexity index is 728. The van der Waals surface area contributed by atoms with E-state index < -0.39 is 10.0 Å². The zero-order chi connectivity index (χ0) is 15.6. The molecule has 0 amide bonds. The zero-order valence-electron chi connectivity index (χ0n) is 12.4. The molecule has 3 rings (SSSR count). The molecule has 2 heterocycles. The minimum Gasteiger partial charge on any atom is -0.371 e. The van der Waals surface area contributed by atoms with Crippen molar-refractivity contribution in [3.63, 3.8) is 0 Å². The Morgan fingerprint density at radius 1 is 1.32 bits per heavy atom. The molecule has 1 aromatic carbocycles. The molecule has 0 aliphatic carbocycles. The number of sulfonamides is 1. The maximum absolute atomic E-state index is 12.6. The van der Waals surface area contributed by atoms with Crippen LogP contribution < -0.4 is 0 Å². The number of nitrogens with zero attached hydrogens (tertiary/aromatic N) is 3. The van der Waals surface area contributed by atoms with E-state index in [-0.39, 0.29) is 11.9 Å². The van der Waals surface area contributed by atoms with Gasteiger partial charge in [0.1, 0.15) is 0 Å². The van der Waals surface area contributed by atoms with Gasteiger partial charge >= 0.3 is 0 Å². The first kappa shape index (κ1) is 15.2. The minimum absolute atomic E-state index is 0.0214. The lowest BCUT2D eigenvalue weighted by molar-refractivity contribution is -0.00263. The molecule has 1 fully saturated rings. The van der Waals surface area contributed by atoms with Crippen LogP contribution in [0.25, 0.3) is 0 Å². The summed E-state index contributed by atoms with van der Waals surface area (Å²) in [5, 5.41) is 4.12. The van der Waals surface area contributed by atoms with Crippen LogP contribution in [0, 0.1) is 0 Å². The third kappa shape index (κ3) is 3.37. The molecule has 0 bridgehead atoms. The number of rotatable bonds is 4. The summed E-state index contributed by atoms with van der Waals surface area (Å²) in [6.07, 6.45) is 3.32. The van der Waals surface area contributed by atoms with Gasteiger partial charge in [0.15, 0.2) is 0 Å². The Balaban J connectivity index is 1.73. The first-order chi connectivity index (χ1) is 10.5. The van der Waals surface area contributed by atoms with E-state index in [4.69, 9.17) is 4.74 Å². The second-order valence-electron chi connectivity index (χ2n) is 5.41. The summed E-state index contributed by atoms with van der Waals surface area (Å²) in [6.45, 7) is 1.13. The summed E-state index contributed by atoms with van der Waals surface area (Å²) in [7, 11) is -1.51. The minimum atomic E-state index is -3.34. The molecule has 118 valence electrons. The molecule has 7 heteroatoms. The van der Waals surface area contributed by atoms with E-state index in [1.54, 1.807) is 10.9 Å². The standard InChI is InChI=1S/C15H19N3O3S/c1-17-10-14(9-16-17)15-11-18(7-8-21-15)22(19,20)12-13-5-3-2-4-6-13/h2-6,9-10,15H,7-8,11-12H2,1H3/t15-/m0/s1. The third-order valence-corrected chi connectivity index (χ3v) is 5.53. The Kier molecular flexibility index (Phi) is 4.28. The van der Waals surface area contributed by atoms with Gasteiger partial charge in [0.2, 0.25) is 10.0 Å². The van der Waals surface area contributed by atoms with Gasteiger partial charge in [-0.2, -0.15) is 9.40 Å². The van der Waals surface area contributed by atoms with Crippen molar-refractivity contribution >= 4 is 10.0 Å². The van der Waals surface area contributed by atoms with Gasteiger partial charge in [0.05, 0.1) is 24.7 Å². The first-order valence-corrected chi connectivity index (χ1v) is 8.77. The van der Waals surface area contributed by atoms with Crippen LogP contribution in [0.5, 0.6) is 0 Å². The second kappa shape index (κ2) is 6.20. The van der Waals surface area contributed by atoms with Crippen molar-refractivity contribution in [2.24, 2.45) is 7.05 Å². The number of aromatic nitrogens is 2. The molecule has 0 N–H and O–H groups in total. The fourth-order valence-electron chi connectivity index (χ4n) is 2.56. The molecule has 0 unspecified atom stereocenters. The van der Waals surface area contributed by atoms with Crippen molar-refractivity contribution in [2.75, 3.05) is 19.7 Å². The van der Waals surface area contributed by atoms with Gasteiger partial charge in [0, 0.05) is 31.9 Å². The molecule has 0 saturated carbocycles. The molecular formula is C15H19N3O3S. The monoisotopic (exact) mass is 321 g/mol. The van der Waals surface area contributed by atoms with Crippen LogP contribution in [0.15, 0.2) is 42.7 Å². The number of ether oxygens (including phenoxy) is 1. The predicted molar refractivity (Wildman–Crippen MR) is 82.5 cm³/mol. The molecule has 1 aliphatic rings. The molecule has 1 aliphatic heterocycles. The predicted octanol–water partition coefficient (Wildman–Crippen LogP) is 1.32. The van der Waals surface area contributed by atoms with Crippen LogP contribution in [0.3, 0.4) is 0 Å². The van der Waals surface area contributed by atoms with E-state index in [9.17, 15) is 8.42 Å². The van der Waals surface area contributed by atoms with Crippen molar-refractivity contribution in [1.82, 2.24) is 14.1 Å². The highest BCUT2D eigenvalue weighted by Crippen LogP contribution is 2.24. The van der Waals surface area contributed by atoms with Crippen molar-refractivity contribution < 1.29 is 13.2 Å². The third-order valence-electron chi connectivity index (χ3n) is 3.71. The summed E-state index contributed by atoms with van der Waals surface area (Å²) in [5.74, 6) is 0.0214. The van der Waals surface area contributed by atoms with E-state index in [0.29, 0.717) is 19.7 Å². The van der Waals surface area contributed by atoms with Crippen LogP contribution in [0.4, 0.5) is 0 Å². The molecular weight excluding hydrogens is 302 g/mol. The van der Waals surface area contributed by atoms with E-state index in [0.717, 1.165) is 11.1 Å². The van der Waals surface area contributed by atoms with Gasteiger partial charge in [-0.1, -0.05) is 30.3 Å². The van der Waals surface area contributed by atoms with Gasteiger partial charge in [0.25, 0.3) is 0 Å². The summed E-state index contributed by atoms with van der Waals surface area (Å²) < 4.78 is 34.1. The van der Waals surface area contributed by atoms with Gasteiger partial charge in [-0.3, -0.25) is 4.68 Å². The van der Waals surface area contributed by atoms with E-state index >= 15 is 0 Å². The van der Waals surface area contributed by atoms with Gasteiger partial charge in [-0.05, 0) is 5.56 Å². The molecule has 6 nitrogen and oxygen atoms in total. The zero-order valence-corrected chi connectivity index (χ0v) is 13.2. The maximum atomic E-state index is 12.6. The lowest BCUT2D eigenvalue weighted by atomic mass is 10.2. The molecule has 1 atom stereocenters. The van der Waals surface area contributed by atoms with E-state index in [2.05, 4.69) is 5.10 Å². The van der Waals surface area contributed by atoms with Crippen LogP contribution in [0.2, 0.25) is 0 Å². The lowest BCUT2D eigenvalue weighted by Crippen LogP contribution is -2.42. The van der Waals surface area contributed by atoms with Gasteiger partial charge < -0.3 is 4.74 Å². The highest BCUT2D eigenvalue weighted by Gasteiger charge is 2.30. The number of aryl methyl sites for hydroxylation is 1. The number of benzene rings is 1. The van der Waals surface area contributed by atoms with Crippen LogP contribution >= 0.6 is 0 Å². The van der Waals surface area contributed by atoms with Crippen LogP contribution in [0.1, 0.15) is 17.2 Å². The highest BCUT2D eigenvalue weighted by atomic mass is 32.2. The van der Waals surface area contributed by atoms with Gasteiger partial charge in [-0.15, -0.1) is 0 Å². The van der Waals surface area contributed by atoms with E-state index in [1.165, 1.54) is 4.31 Å². The quantitative estimate of drug-likeness (QED) is 0.852. The number of hydrogen-bond donors (Lipinski definition) is 0. The molecule has 0 spiro atoms. The molecule has 1 saturated heterocycles. The average molecular weight is 321 g/mol. The number of hydrogen-bond acceptors (Lipinski definition) is 4. The lowest BCUT2D eigenvalue weighted by Gasteiger charge is -2.31. The second-order valence-corrected chi connectivity index (χ2v) is 7.38. The number of morpholine rings is 1. The Labute approximate surface area is 130 Å². The summed E-state index contributed by atoms with van der Waals surface area (Å²) in [5.41, 5.74) is 1.70. The van der Waals surface area contributed by atoms with Crippen molar-refractivity contribution in [3.8, 4) is 0 Å². The van der Waals surface area contributed by atoms with Gasteiger partial charge in [-0.25, -0.2) is 8.42 Å². The molecule has 22 heavy (non-hydrogen) atoms. The highest BCUT2D eigenvalue weighted by molar-refractivity contribution is 7.88. The normalized spacial score (nSPS) is 20.1. The fourth-order valence-corrected chi connectivity index (χ4v) is 4.07. The van der Waals surface area contributed by atoms with Crippen LogP contribution in [-0.2, 0) is 27.6 Å². The largest absolute Gasteiger partial charge is 0.371 e. The van der Waals surface area contributed by atoms with Crippen molar-refractivity contribution in [3.05, 3.63) is 53.9 Å². The Morgan fingerprint density at radius 3 is 2.77 bits per heavy atom. The maximum Gasteiger partial charge on any atom is 0.218 e. The Hall–Kier alpha value is -1.70. The Morgan fingerprint density at radius 2 is 2.09 bits per heavy atom.